The second-order valence-corrected chi connectivity index (χ2v) is 3.32. The van der Waals surface area contributed by atoms with Crippen molar-refractivity contribution in [3.05, 3.63) is 64.1 Å². The topological polar surface area (TPSA) is 73.1 Å². The van der Waals surface area contributed by atoms with Crippen LogP contribution in [0.3, 0.4) is 0 Å². The highest BCUT2D eigenvalue weighted by molar-refractivity contribution is 5.98. The summed E-state index contributed by atoms with van der Waals surface area (Å²) < 4.78 is 0. The number of ketones is 1. The first-order valence-electron chi connectivity index (χ1n) is 4.67. The van der Waals surface area contributed by atoms with Crippen LogP contribution in [0.2, 0.25) is 0 Å². The van der Waals surface area contributed by atoms with Gasteiger partial charge >= 0.3 is 0 Å². The van der Waals surface area contributed by atoms with Gasteiger partial charge in [-0.05, 0) is 18.2 Å². The molecule has 2 rings (SSSR count). The number of carbonyl (C=O) groups excluding carboxylic acids is 1. The summed E-state index contributed by atoms with van der Waals surface area (Å²) in [6.45, 7) is 0. The maximum absolute atomic E-state index is 11.6. The highest BCUT2D eigenvalue weighted by Gasteiger charge is 2.25. The molecule has 5 heteroatoms. The van der Waals surface area contributed by atoms with Crippen molar-refractivity contribution in [1.29, 1.82) is 0 Å². The number of rotatable bonds is 2. The van der Waals surface area contributed by atoms with Crippen LogP contribution in [0, 0.1) is 10.1 Å². The molecule has 1 aliphatic rings. The largest absolute Gasteiger partial charge is 0.294 e. The molecule has 0 bridgehead atoms. The predicted molar refractivity (Wildman–Crippen MR) is 56.2 cm³/mol. The molecule has 0 fully saturated rings. The summed E-state index contributed by atoms with van der Waals surface area (Å²) in [6.07, 6.45) is 5.31. The summed E-state index contributed by atoms with van der Waals surface area (Å²) in [5.41, 5.74) is 0.450. The molecule has 0 saturated carbocycles. The molecule has 0 saturated heterocycles. The van der Waals surface area contributed by atoms with Gasteiger partial charge in [0.2, 0.25) is 0 Å². The zero-order valence-electron chi connectivity index (χ0n) is 8.24. The van der Waals surface area contributed by atoms with Crippen LogP contribution in [0.1, 0.15) is 11.6 Å². The smallest absolute Gasteiger partial charge is 0.266 e. The first-order chi connectivity index (χ1) is 7.68. The molecule has 1 atom stereocenters. The molecule has 1 aliphatic carbocycles. The first kappa shape index (κ1) is 10.2. The molecule has 0 aliphatic heterocycles. The van der Waals surface area contributed by atoms with E-state index in [9.17, 15) is 14.9 Å². The minimum absolute atomic E-state index is 0.0738. The van der Waals surface area contributed by atoms with Gasteiger partial charge in [0.15, 0.2) is 5.78 Å². The third-order valence-electron chi connectivity index (χ3n) is 2.28. The Kier molecular flexibility index (Phi) is 2.59. The van der Waals surface area contributed by atoms with Gasteiger partial charge < -0.3 is 0 Å². The lowest BCUT2D eigenvalue weighted by molar-refractivity contribution is -0.419. The molecule has 16 heavy (non-hydrogen) atoms. The third kappa shape index (κ3) is 1.88. The minimum atomic E-state index is -0.647. The van der Waals surface area contributed by atoms with Crippen molar-refractivity contribution in [2.75, 3.05) is 0 Å². The summed E-state index contributed by atoms with van der Waals surface area (Å²) in [7, 11) is 0. The normalized spacial score (nSPS) is 19.4. The Labute approximate surface area is 91.3 Å². The number of aromatic nitrogens is 1. The number of hydrogen-bond acceptors (Lipinski definition) is 4. The SMILES string of the molecule is O=C1C=CC([N+](=O)[O-])=CC1c1ccccn1. The van der Waals surface area contributed by atoms with E-state index in [1.54, 1.807) is 24.4 Å². The summed E-state index contributed by atoms with van der Waals surface area (Å²) in [4.78, 5) is 25.7. The van der Waals surface area contributed by atoms with E-state index in [1.165, 1.54) is 18.2 Å². The van der Waals surface area contributed by atoms with Crippen LogP contribution in [0.25, 0.3) is 0 Å². The number of allylic oxidation sites excluding steroid dienone is 3. The molecule has 1 aromatic heterocycles. The molecule has 1 unspecified atom stereocenters. The van der Waals surface area contributed by atoms with E-state index in [4.69, 9.17) is 0 Å². The van der Waals surface area contributed by atoms with Gasteiger partial charge in [-0.2, -0.15) is 0 Å². The predicted octanol–water partition coefficient (Wildman–Crippen LogP) is 1.46. The van der Waals surface area contributed by atoms with Gasteiger partial charge in [0.05, 0.1) is 16.5 Å². The molecule has 5 nitrogen and oxygen atoms in total. The lowest BCUT2D eigenvalue weighted by Gasteiger charge is -2.10. The fourth-order valence-corrected chi connectivity index (χ4v) is 1.49. The maximum Gasteiger partial charge on any atom is 0.266 e. The fraction of sp³-hybridized carbons (Fsp3) is 0.0909. The van der Waals surface area contributed by atoms with Crippen LogP contribution in [-0.2, 0) is 4.79 Å². The van der Waals surface area contributed by atoms with Crippen molar-refractivity contribution >= 4 is 5.78 Å². The highest BCUT2D eigenvalue weighted by atomic mass is 16.6. The van der Waals surface area contributed by atoms with Gasteiger partial charge in [0.1, 0.15) is 0 Å². The number of carbonyl (C=O) groups is 1. The van der Waals surface area contributed by atoms with Crippen LogP contribution >= 0.6 is 0 Å². The fourth-order valence-electron chi connectivity index (χ4n) is 1.49. The molecule has 1 aromatic rings. The molecule has 0 radical (unpaired) electrons. The zero-order chi connectivity index (χ0) is 11.5. The van der Waals surface area contributed by atoms with Crippen LogP contribution < -0.4 is 0 Å². The van der Waals surface area contributed by atoms with Crippen molar-refractivity contribution in [3.8, 4) is 0 Å². The van der Waals surface area contributed by atoms with Crippen LogP contribution in [0.15, 0.2) is 48.3 Å². The van der Waals surface area contributed by atoms with Gasteiger partial charge in [0, 0.05) is 18.3 Å². The Morgan fingerprint density at radius 3 is 2.75 bits per heavy atom. The van der Waals surface area contributed by atoms with Crippen LogP contribution in [0.4, 0.5) is 0 Å². The van der Waals surface area contributed by atoms with Crippen molar-refractivity contribution in [2.24, 2.45) is 0 Å². The Morgan fingerprint density at radius 1 is 1.31 bits per heavy atom. The average Bonchev–Trinajstić information content (AvgIpc) is 2.30. The van der Waals surface area contributed by atoms with E-state index >= 15 is 0 Å². The van der Waals surface area contributed by atoms with Crippen LogP contribution in [0.5, 0.6) is 0 Å². The molecular formula is C11H8N2O3. The highest BCUT2D eigenvalue weighted by Crippen LogP contribution is 2.22. The lowest BCUT2D eigenvalue weighted by atomic mass is 9.94. The van der Waals surface area contributed by atoms with Crippen molar-refractivity contribution in [2.45, 2.75) is 5.92 Å². The summed E-state index contributed by atoms with van der Waals surface area (Å²) in [5, 5.41) is 10.6. The van der Waals surface area contributed by atoms with Crippen molar-refractivity contribution in [1.82, 2.24) is 4.98 Å². The number of nitrogens with zero attached hydrogens (tertiary/aromatic N) is 2. The standard InChI is InChI=1S/C11H8N2O3/c14-11-5-4-8(13(15)16)7-9(11)10-3-1-2-6-12-10/h1-7,9H. The molecule has 0 amide bonds. The molecular weight excluding hydrogens is 208 g/mol. The molecule has 1 heterocycles. The lowest BCUT2D eigenvalue weighted by Crippen LogP contribution is -2.15. The Bertz CT molecular complexity index is 491. The summed E-state index contributed by atoms with van der Waals surface area (Å²) in [5.74, 6) is -0.837. The van der Waals surface area contributed by atoms with Gasteiger partial charge in [-0.15, -0.1) is 0 Å². The number of nitro groups is 1. The van der Waals surface area contributed by atoms with Gasteiger partial charge in [0.25, 0.3) is 5.70 Å². The second-order valence-electron chi connectivity index (χ2n) is 3.32. The molecule has 80 valence electrons. The Hall–Kier alpha value is -2.30. The van der Waals surface area contributed by atoms with Crippen LogP contribution in [-0.4, -0.2) is 15.7 Å². The Morgan fingerprint density at radius 2 is 2.12 bits per heavy atom. The van der Waals surface area contributed by atoms with E-state index in [-0.39, 0.29) is 11.5 Å². The van der Waals surface area contributed by atoms with E-state index in [2.05, 4.69) is 4.98 Å². The molecule has 0 aromatic carbocycles. The van der Waals surface area contributed by atoms with E-state index in [1.807, 2.05) is 0 Å². The van der Waals surface area contributed by atoms with Crippen molar-refractivity contribution in [3.63, 3.8) is 0 Å². The third-order valence-corrected chi connectivity index (χ3v) is 2.28. The average molecular weight is 216 g/mol. The van der Waals surface area contributed by atoms with E-state index in [0.29, 0.717) is 5.69 Å². The van der Waals surface area contributed by atoms with Gasteiger partial charge in [-0.3, -0.25) is 19.9 Å². The van der Waals surface area contributed by atoms with E-state index < -0.39 is 10.8 Å². The monoisotopic (exact) mass is 216 g/mol. The number of pyridine rings is 1. The molecule has 0 N–H and O–H groups in total. The van der Waals surface area contributed by atoms with Gasteiger partial charge in [-0.25, -0.2) is 0 Å². The quantitative estimate of drug-likeness (QED) is 0.554. The second kappa shape index (κ2) is 4.06. The van der Waals surface area contributed by atoms with Crippen molar-refractivity contribution < 1.29 is 9.72 Å². The Balaban J connectivity index is 2.38. The maximum atomic E-state index is 11.6. The number of hydrogen-bond donors (Lipinski definition) is 0. The summed E-state index contributed by atoms with van der Waals surface area (Å²) in [6, 6.07) is 5.15. The van der Waals surface area contributed by atoms with E-state index in [0.717, 1.165) is 0 Å². The zero-order valence-corrected chi connectivity index (χ0v) is 8.24. The summed E-state index contributed by atoms with van der Waals surface area (Å²) >= 11 is 0. The molecule has 0 spiro atoms. The minimum Gasteiger partial charge on any atom is -0.294 e. The van der Waals surface area contributed by atoms with Gasteiger partial charge in [-0.1, -0.05) is 6.07 Å². The first-order valence-corrected chi connectivity index (χ1v) is 4.67.